The van der Waals surface area contributed by atoms with Gasteiger partial charge in [0, 0.05) is 6.61 Å². The lowest BCUT2D eigenvalue weighted by atomic mass is 10.3. The van der Waals surface area contributed by atoms with Gasteiger partial charge in [-0.05, 0) is 6.42 Å². The van der Waals surface area contributed by atoms with Crippen LogP contribution < -0.4 is 16.8 Å². The van der Waals surface area contributed by atoms with Gasteiger partial charge in [-0.2, -0.15) is 10.7 Å². The Bertz CT molecular complexity index is 128. The van der Waals surface area contributed by atoms with Crippen LogP contribution in [0.3, 0.4) is 0 Å². The number of nitrogens with zero attached hydrogens (tertiary/aromatic N) is 1. The normalized spacial score (nSPS) is 22.0. The molecule has 1 aliphatic heterocycles. The summed E-state index contributed by atoms with van der Waals surface area (Å²) < 4.78 is 5.08. The van der Waals surface area contributed by atoms with Crippen molar-refractivity contribution >= 4 is 6.41 Å². The molecule has 1 heterocycles. The molecular formula is C5H14N4O3. The Balaban J connectivity index is 0.00000121. The molecule has 0 radical (unpaired) electrons. The van der Waals surface area contributed by atoms with E-state index in [4.69, 9.17) is 10.6 Å². The maximum atomic E-state index is 9.84. The van der Waals surface area contributed by atoms with E-state index in [0.29, 0.717) is 13.0 Å². The quantitative estimate of drug-likeness (QED) is 0.246. The molecule has 72 valence electrons. The molecule has 0 aliphatic carbocycles. The van der Waals surface area contributed by atoms with Gasteiger partial charge in [0.25, 0.3) is 0 Å². The third-order valence-corrected chi connectivity index (χ3v) is 1.55. The zero-order valence-electron chi connectivity index (χ0n) is 6.62. The molecule has 1 aliphatic rings. The van der Waals surface area contributed by atoms with Crippen molar-refractivity contribution in [2.75, 3.05) is 13.2 Å². The highest BCUT2D eigenvalue weighted by atomic mass is 16.5. The fourth-order valence-corrected chi connectivity index (χ4v) is 0.934. The van der Waals surface area contributed by atoms with Crippen LogP contribution in [0.5, 0.6) is 0 Å². The smallest absolute Gasteiger partial charge is 0.222 e. The fourth-order valence-electron chi connectivity index (χ4n) is 0.934. The Hall–Kier alpha value is -0.730. The maximum absolute atomic E-state index is 9.84. The lowest BCUT2D eigenvalue weighted by Gasteiger charge is -2.21. The summed E-state index contributed by atoms with van der Waals surface area (Å²) in [6.45, 7) is 1.32. The van der Waals surface area contributed by atoms with E-state index in [1.807, 2.05) is 0 Å². The van der Waals surface area contributed by atoms with Crippen LogP contribution in [0, 0.1) is 0 Å². The Kier molecular flexibility index (Phi) is 5.51. The van der Waals surface area contributed by atoms with E-state index < -0.39 is 0 Å². The van der Waals surface area contributed by atoms with Gasteiger partial charge in [0.2, 0.25) is 6.41 Å². The Morgan fingerprint density at radius 2 is 2.42 bits per heavy atom. The van der Waals surface area contributed by atoms with Crippen LogP contribution in [0.25, 0.3) is 0 Å². The van der Waals surface area contributed by atoms with Gasteiger partial charge in [-0.1, -0.05) is 0 Å². The minimum Gasteiger partial charge on any atom is -0.412 e. The molecular weight excluding hydrogens is 164 g/mol. The molecule has 1 fully saturated rings. The van der Waals surface area contributed by atoms with Crippen molar-refractivity contribution in [3.63, 3.8) is 0 Å². The van der Waals surface area contributed by atoms with E-state index in [1.165, 1.54) is 5.12 Å². The first-order valence-corrected chi connectivity index (χ1v) is 3.41. The summed E-state index contributed by atoms with van der Waals surface area (Å²) in [4.78, 5) is 9.84. The molecule has 1 amide bonds. The van der Waals surface area contributed by atoms with Crippen molar-refractivity contribution in [2.45, 2.75) is 12.5 Å². The average Bonchev–Trinajstić information content (AvgIpc) is 2.52. The summed E-state index contributed by atoms with van der Waals surface area (Å²) in [6, 6.07) is 0.141. The number of amides is 1. The van der Waals surface area contributed by atoms with Gasteiger partial charge in [-0.3, -0.25) is 16.1 Å². The predicted octanol–water partition coefficient (Wildman–Crippen LogP) is -2.71. The molecule has 0 spiro atoms. The van der Waals surface area contributed by atoms with E-state index >= 15 is 0 Å². The number of nitrogens with two attached hydrogens (primary N) is 1. The van der Waals surface area contributed by atoms with E-state index in [0.717, 1.165) is 13.0 Å². The van der Waals surface area contributed by atoms with Gasteiger partial charge in [0.1, 0.15) is 0 Å². The number of ether oxygens (including phenoxy) is 1. The van der Waals surface area contributed by atoms with Gasteiger partial charge < -0.3 is 10.2 Å². The maximum Gasteiger partial charge on any atom is 0.222 e. The highest BCUT2D eigenvalue weighted by molar-refractivity contribution is 5.44. The third kappa shape index (κ3) is 3.11. The number of carbonyl (C=O) groups excluding carboxylic acids is 1. The minimum atomic E-state index is 0. The molecule has 0 aromatic carbocycles. The molecule has 1 rings (SSSR count). The first-order chi connectivity index (χ1) is 5.34. The van der Waals surface area contributed by atoms with E-state index in [-0.39, 0.29) is 11.5 Å². The average molecular weight is 178 g/mol. The van der Waals surface area contributed by atoms with E-state index in [9.17, 15) is 4.79 Å². The van der Waals surface area contributed by atoms with Gasteiger partial charge in [-0.15, -0.1) is 0 Å². The Morgan fingerprint density at radius 3 is 2.92 bits per heavy atom. The second-order valence-corrected chi connectivity index (χ2v) is 2.30. The van der Waals surface area contributed by atoms with E-state index in [2.05, 4.69) is 11.0 Å². The largest absolute Gasteiger partial charge is 0.412 e. The molecule has 0 aromatic heterocycles. The van der Waals surface area contributed by atoms with Crippen LogP contribution in [0.4, 0.5) is 0 Å². The van der Waals surface area contributed by atoms with Gasteiger partial charge in [-0.25, -0.2) is 0 Å². The fraction of sp³-hybridized carbons (Fsp3) is 0.800. The van der Waals surface area contributed by atoms with Crippen LogP contribution in [0.2, 0.25) is 0 Å². The van der Waals surface area contributed by atoms with Crippen molar-refractivity contribution in [2.24, 2.45) is 5.84 Å². The lowest BCUT2D eigenvalue weighted by molar-refractivity contribution is -0.112. The van der Waals surface area contributed by atoms with Crippen LogP contribution >= 0.6 is 0 Å². The second-order valence-electron chi connectivity index (χ2n) is 2.30. The summed E-state index contributed by atoms with van der Waals surface area (Å²) >= 11 is 0. The molecule has 6 N–H and O–H groups in total. The monoisotopic (exact) mass is 178 g/mol. The first-order valence-electron chi connectivity index (χ1n) is 3.41. The van der Waals surface area contributed by atoms with Crippen LogP contribution in [-0.4, -0.2) is 36.3 Å². The molecule has 0 saturated carbocycles. The summed E-state index contributed by atoms with van der Waals surface area (Å²) in [5.74, 6) is 5.49. The number of carbonyl (C=O) groups is 1. The predicted molar refractivity (Wildman–Crippen MR) is 41.2 cm³/mol. The third-order valence-electron chi connectivity index (χ3n) is 1.55. The topological polar surface area (TPSA) is 111 Å². The van der Waals surface area contributed by atoms with Crippen LogP contribution in [-0.2, 0) is 9.53 Å². The summed E-state index contributed by atoms with van der Waals surface area (Å²) in [5, 5.41) is 1.33. The number of nitrogens with one attached hydrogen (secondary N) is 2. The van der Waals surface area contributed by atoms with Crippen molar-refractivity contribution in [3.8, 4) is 0 Å². The Morgan fingerprint density at radius 1 is 1.67 bits per heavy atom. The molecule has 0 aromatic rings. The van der Waals surface area contributed by atoms with Gasteiger partial charge in [0.15, 0.2) is 0 Å². The van der Waals surface area contributed by atoms with Crippen molar-refractivity contribution in [1.29, 1.82) is 0 Å². The Labute approximate surface area is 70.1 Å². The summed E-state index contributed by atoms with van der Waals surface area (Å²) in [7, 11) is 0. The molecule has 1 atom stereocenters. The van der Waals surface area contributed by atoms with Gasteiger partial charge in [0.05, 0.1) is 12.6 Å². The minimum absolute atomic E-state index is 0. The molecule has 7 nitrogen and oxygen atoms in total. The number of rotatable bonds is 4. The SMILES string of the molecule is NN(NNC=O)C1CCOC1.O. The number of hydrazine groups is 3. The summed E-state index contributed by atoms with van der Waals surface area (Å²) in [5.41, 5.74) is 4.73. The van der Waals surface area contributed by atoms with Crippen LogP contribution in [0.1, 0.15) is 6.42 Å². The zero-order valence-corrected chi connectivity index (χ0v) is 6.62. The lowest BCUT2D eigenvalue weighted by Crippen LogP contribution is -2.56. The van der Waals surface area contributed by atoms with Crippen LogP contribution in [0.15, 0.2) is 0 Å². The van der Waals surface area contributed by atoms with Crippen molar-refractivity contribution in [3.05, 3.63) is 0 Å². The van der Waals surface area contributed by atoms with Crippen molar-refractivity contribution < 1.29 is 15.0 Å². The van der Waals surface area contributed by atoms with Crippen molar-refractivity contribution in [1.82, 2.24) is 16.1 Å². The molecule has 1 unspecified atom stereocenters. The molecule has 12 heavy (non-hydrogen) atoms. The van der Waals surface area contributed by atoms with E-state index in [1.54, 1.807) is 0 Å². The standard InChI is InChI=1S/C5H12N4O2.H2O/c6-9(8-7-4-10)5-1-2-11-3-5;/h4-5,8H,1-3,6H2,(H,7,10);1H2. The second kappa shape index (κ2) is 5.86. The number of hydrogen-bond acceptors (Lipinski definition) is 5. The molecule has 1 saturated heterocycles. The zero-order chi connectivity index (χ0) is 8.10. The van der Waals surface area contributed by atoms with Gasteiger partial charge >= 0.3 is 0 Å². The number of hydrogen-bond donors (Lipinski definition) is 3. The highest BCUT2D eigenvalue weighted by Gasteiger charge is 2.20. The first kappa shape index (κ1) is 11.3. The highest BCUT2D eigenvalue weighted by Crippen LogP contribution is 2.05. The summed E-state index contributed by atoms with van der Waals surface area (Å²) in [6.07, 6.45) is 1.40. The molecule has 0 bridgehead atoms. The molecule has 7 heteroatoms.